The molecule has 0 saturated carbocycles. The predicted molar refractivity (Wildman–Crippen MR) is 61.6 cm³/mol. The first-order valence-corrected chi connectivity index (χ1v) is 4.93. The van der Waals surface area contributed by atoms with Crippen LogP contribution in [0.5, 0.6) is 0 Å². The van der Waals surface area contributed by atoms with E-state index in [-0.39, 0.29) is 17.8 Å². The van der Waals surface area contributed by atoms with Crippen LogP contribution >= 0.6 is 0 Å². The third kappa shape index (κ3) is 2.79. The summed E-state index contributed by atoms with van der Waals surface area (Å²) in [4.78, 5) is 22.3. The maximum Gasteiger partial charge on any atom is 0.331 e. The van der Waals surface area contributed by atoms with Gasteiger partial charge in [-0.05, 0) is 19.4 Å². The van der Waals surface area contributed by atoms with E-state index in [1.807, 2.05) is 26.0 Å². The summed E-state index contributed by atoms with van der Waals surface area (Å²) in [5.41, 5.74) is 2.42. The van der Waals surface area contributed by atoms with Crippen LogP contribution in [0.25, 0.3) is 0 Å². The Kier molecular flexibility index (Phi) is 3.61. The molecule has 3 heteroatoms. The summed E-state index contributed by atoms with van der Waals surface area (Å²) < 4.78 is 0. The fourth-order valence-corrected chi connectivity index (χ4v) is 1.49. The van der Waals surface area contributed by atoms with Gasteiger partial charge in [0, 0.05) is 17.6 Å². The molecular weight excluding hydrogens is 204 g/mol. The SMILES string of the molecule is C=C(CC(=O)c1ccc(C)cc1C)C(=O)O. The molecule has 84 valence electrons. The Balaban J connectivity index is 2.89. The number of carboxylic acid groups (broad SMARTS) is 1. The maximum absolute atomic E-state index is 11.8. The van der Waals surface area contributed by atoms with Gasteiger partial charge in [0.1, 0.15) is 0 Å². The van der Waals surface area contributed by atoms with E-state index < -0.39 is 5.97 Å². The number of carbonyl (C=O) groups excluding carboxylic acids is 1. The highest BCUT2D eigenvalue weighted by atomic mass is 16.4. The molecule has 0 heterocycles. The minimum absolute atomic E-state index is 0.0787. The van der Waals surface area contributed by atoms with E-state index in [1.54, 1.807) is 6.07 Å². The van der Waals surface area contributed by atoms with Crippen molar-refractivity contribution in [3.8, 4) is 0 Å². The quantitative estimate of drug-likeness (QED) is 0.624. The molecule has 16 heavy (non-hydrogen) atoms. The van der Waals surface area contributed by atoms with E-state index in [1.165, 1.54) is 0 Å². The van der Waals surface area contributed by atoms with Crippen molar-refractivity contribution in [1.29, 1.82) is 0 Å². The summed E-state index contributed by atoms with van der Waals surface area (Å²) in [6, 6.07) is 5.46. The van der Waals surface area contributed by atoms with Crippen LogP contribution < -0.4 is 0 Å². The summed E-state index contributed by atoms with van der Waals surface area (Å²) in [6.07, 6.45) is -0.140. The number of carboxylic acids is 1. The van der Waals surface area contributed by atoms with Gasteiger partial charge >= 0.3 is 5.97 Å². The molecule has 0 spiro atoms. The van der Waals surface area contributed by atoms with Gasteiger partial charge in [-0.15, -0.1) is 0 Å². The number of carbonyl (C=O) groups is 2. The zero-order valence-electron chi connectivity index (χ0n) is 9.41. The monoisotopic (exact) mass is 218 g/mol. The Morgan fingerprint density at radius 1 is 1.31 bits per heavy atom. The lowest BCUT2D eigenvalue weighted by molar-refractivity contribution is -0.132. The zero-order valence-corrected chi connectivity index (χ0v) is 9.41. The summed E-state index contributed by atoms with van der Waals surface area (Å²) in [6.45, 7) is 7.13. The summed E-state index contributed by atoms with van der Waals surface area (Å²) in [5, 5.41) is 8.64. The lowest BCUT2D eigenvalue weighted by atomic mass is 9.98. The molecule has 0 aliphatic carbocycles. The molecule has 0 aliphatic rings. The molecule has 0 atom stereocenters. The molecule has 1 N–H and O–H groups in total. The van der Waals surface area contributed by atoms with Crippen molar-refractivity contribution >= 4 is 11.8 Å². The Morgan fingerprint density at radius 3 is 2.44 bits per heavy atom. The van der Waals surface area contributed by atoms with Gasteiger partial charge in [0.05, 0.1) is 0 Å². The second kappa shape index (κ2) is 4.75. The molecule has 0 bridgehead atoms. The average molecular weight is 218 g/mol. The third-order valence-corrected chi connectivity index (χ3v) is 2.36. The minimum Gasteiger partial charge on any atom is -0.478 e. The Morgan fingerprint density at radius 2 is 1.94 bits per heavy atom. The number of aliphatic carboxylic acids is 1. The van der Waals surface area contributed by atoms with Crippen LogP contribution in [-0.2, 0) is 4.79 Å². The second-order valence-electron chi connectivity index (χ2n) is 3.83. The fourth-order valence-electron chi connectivity index (χ4n) is 1.49. The number of Topliss-reactive ketones (excluding diaryl/α,β-unsaturated/α-hetero) is 1. The van der Waals surface area contributed by atoms with E-state index in [9.17, 15) is 9.59 Å². The lowest BCUT2D eigenvalue weighted by Crippen LogP contribution is -2.08. The first-order chi connectivity index (χ1) is 7.41. The number of rotatable bonds is 4. The van der Waals surface area contributed by atoms with Gasteiger partial charge < -0.3 is 5.11 Å². The molecule has 0 amide bonds. The van der Waals surface area contributed by atoms with Crippen LogP contribution in [0.4, 0.5) is 0 Å². The Bertz CT molecular complexity index is 458. The Hall–Kier alpha value is -1.90. The van der Waals surface area contributed by atoms with Crippen molar-refractivity contribution in [3.05, 3.63) is 47.0 Å². The third-order valence-electron chi connectivity index (χ3n) is 2.36. The van der Waals surface area contributed by atoms with Crippen molar-refractivity contribution < 1.29 is 14.7 Å². The van der Waals surface area contributed by atoms with Gasteiger partial charge in [-0.1, -0.05) is 30.3 Å². The van der Waals surface area contributed by atoms with Gasteiger partial charge in [-0.25, -0.2) is 4.79 Å². The molecule has 3 nitrogen and oxygen atoms in total. The van der Waals surface area contributed by atoms with E-state index in [0.717, 1.165) is 11.1 Å². The topological polar surface area (TPSA) is 54.4 Å². The summed E-state index contributed by atoms with van der Waals surface area (Å²) >= 11 is 0. The first kappa shape index (κ1) is 12.2. The number of benzene rings is 1. The van der Waals surface area contributed by atoms with Gasteiger partial charge in [0.2, 0.25) is 0 Å². The van der Waals surface area contributed by atoms with E-state index in [2.05, 4.69) is 6.58 Å². The molecule has 1 rings (SSSR count). The molecule has 0 radical (unpaired) electrons. The zero-order chi connectivity index (χ0) is 12.3. The highest BCUT2D eigenvalue weighted by Crippen LogP contribution is 2.14. The van der Waals surface area contributed by atoms with Crippen molar-refractivity contribution in [2.24, 2.45) is 0 Å². The number of ketones is 1. The standard InChI is InChI=1S/C13H14O3/c1-8-4-5-11(9(2)6-8)12(14)7-10(3)13(15)16/h4-6H,3,7H2,1-2H3,(H,15,16). The van der Waals surface area contributed by atoms with Crippen LogP contribution in [-0.4, -0.2) is 16.9 Å². The Labute approximate surface area is 94.4 Å². The highest BCUT2D eigenvalue weighted by molar-refractivity contribution is 6.03. The van der Waals surface area contributed by atoms with Gasteiger partial charge in [-0.3, -0.25) is 4.79 Å². The molecular formula is C13H14O3. The van der Waals surface area contributed by atoms with Crippen molar-refractivity contribution in [2.75, 3.05) is 0 Å². The number of hydrogen-bond donors (Lipinski definition) is 1. The number of hydrogen-bond acceptors (Lipinski definition) is 2. The molecule has 0 aromatic heterocycles. The fraction of sp³-hybridized carbons (Fsp3) is 0.231. The van der Waals surface area contributed by atoms with Gasteiger partial charge in [0.25, 0.3) is 0 Å². The van der Waals surface area contributed by atoms with Crippen molar-refractivity contribution in [2.45, 2.75) is 20.3 Å². The molecule has 0 fully saturated rings. The van der Waals surface area contributed by atoms with Gasteiger partial charge in [-0.2, -0.15) is 0 Å². The highest BCUT2D eigenvalue weighted by Gasteiger charge is 2.13. The molecule has 0 saturated heterocycles. The van der Waals surface area contributed by atoms with Crippen molar-refractivity contribution in [1.82, 2.24) is 0 Å². The normalized spacial score (nSPS) is 9.88. The van der Waals surface area contributed by atoms with E-state index in [0.29, 0.717) is 5.56 Å². The average Bonchev–Trinajstić information content (AvgIpc) is 2.16. The predicted octanol–water partition coefficient (Wildman–Crippen LogP) is 2.52. The summed E-state index contributed by atoms with van der Waals surface area (Å²) in [5.74, 6) is -1.33. The minimum atomic E-state index is -1.13. The summed E-state index contributed by atoms with van der Waals surface area (Å²) in [7, 11) is 0. The molecule has 1 aromatic carbocycles. The largest absolute Gasteiger partial charge is 0.478 e. The van der Waals surface area contributed by atoms with Crippen LogP contribution in [0, 0.1) is 13.8 Å². The van der Waals surface area contributed by atoms with E-state index >= 15 is 0 Å². The van der Waals surface area contributed by atoms with Crippen LogP contribution in [0.15, 0.2) is 30.4 Å². The maximum atomic E-state index is 11.8. The van der Waals surface area contributed by atoms with Crippen LogP contribution in [0.1, 0.15) is 27.9 Å². The molecule has 1 aromatic rings. The molecule has 0 aliphatic heterocycles. The van der Waals surface area contributed by atoms with E-state index in [4.69, 9.17) is 5.11 Å². The van der Waals surface area contributed by atoms with Gasteiger partial charge in [0.15, 0.2) is 5.78 Å². The number of aryl methyl sites for hydroxylation is 2. The van der Waals surface area contributed by atoms with Crippen LogP contribution in [0.2, 0.25) is 0 Å². The lowest BCUT2D eigenvalue weighted by Gasteiger charge is -2.05. The second-order valence-corrected chi connectivity index (χ2v) is 3.83. The van der Waals surface area contributed by atoms with Crippen LogP contribution in [0.3, 0.4) is 0 Å². The smallest absolute Gasteiger partial charge is 0.331 e. The first-order valence-electron chi connectivity index (χ1n) is 4.93. The van der Waals surface area contributed by atoms with Crippen molar-refractivity contribution in [3.63, 3.8) is 0 Å². The molecule has 0 unspecified atom stereocenters.